The molecular weight excluding hydrogens is 304 g/mol. The summed E-state index contributed by atoms with van der Waals surface area (Å²) in [6.45, 7) is 8.67. The molecule has 0 aromatic carbocycles. The fourth-order valence-electron chi connectivity index (χ4n) is 2.52. The second kappa shape index (κ2) is 11.0. The van der Waals surface area contributed by atoms with Crippen LogP contribution in [0.25, 0.3) is 0 Å². The van der Waals surface area contributed by atoms with Gasteiger partial charge < -0.3 is 9.80 Å². The highest BCUT2D eigenvalue weighted by molar-refractivity contribution is 7.85. The van der Waals surface area contributed by atoms with Gasteiger partial charge in [0, 0.05) is 19.6 Å². The minimum absolute atomic E-state index is 0.0458. The molecule has 0 rings (SSSR count). The summed E-state index contributed by atoms with van der Waals surface area (Å²) in [4.78, 5) is 16.4. The van der Waals surface area contributed by atoms with E-state index < -0.39 is 10.1 Å². The lowest BCUT2D eigenvalue weighted by Crippen LogP contribution is -2.41. The van der Waals surface area contributed by atoms with Crippen molar-refractivity contribution in [3.05, 3.63) is 0 Å². The first kappa shape index (κ1) is 21.3. The molecular formula is C15H32N2O4S. The van der Waals surface area contributed by atoms with Crippen LogP contribution in [0.4, 0.5) is 0 Å². The highest BCUT2D eigenvalue weighted by Crippen LogP contribution is 2.14. The molecule has 0 aliphatic heterocycles. The van der Waals surface area contributed by atoms with E-state index >= 15 is 0 Å². The molecule has 0 saturated heterocycles. The molecule has 132 valence electrons. The van der Waals surface area contributed by atoms with Gasteiger partial charge in [-0.1, -0.05) is 19.8 Å². The van der Waals surface area contributed by atoms with Crippen molar-refractivity contribution >= 4 is 16.0 Å². The highest BCUT2D eigenvalue weighted by Gasteiger charge is 2.23. The van der Waals surface area contributed by atoms with Crippen molar-refractivity contribution in [1.29, 1.82) is 0 Å². The molecule has 7 heteroatoms. The standard InChI is InChI=1S/C15H32N2O4S/c1-5-8-10-14(15(18)17(6-2)7-3)13-16(4)11-9-12-22(19,20)21/h14H,5-13H2,1-4H3,(H,19,20,21). The average molecular weight is 336 g/mol. The second-order valence-corrected chi connectivity index (χ2v) is 7.32. The molecule has 1 unspecified atom stereocenters. The van der Waals surface area contributed by atoms with Gasteiger partial charge in [-0.05, 0) is 40.3 Å². The average Bonchev–Trinajstić information content (AvgIpc) is 2.43. The van der Waals surface area contributed by atoms with Gasteiger partial charge in [0.25, 0.3) is 10.1 Å². The molecule has 0 aliphatic rings. The first-order valence-electron chi connectivity index (χ1n) is 8.17. The van der Waals surface area contributed by atoms with Gasteiger partial charge in [0.2, 0.25) is 5.91 Å². The quantitative estimate of drug-likeness (QED) is 0.551. The Hall–Kier alpha value is -0.660. The maximum absolute atomic E-state index is 12.5. The van der Waals surface area contributed by atoms with Gasteiger partial charge in [-0.15, -0.1) is 0 Å². The first-order chi connectivity index (χ1) is 10.2. The third kappa shape index (κ3) is 9.38. The van der Waals surface area contributed by atoms with Crippen LogP contribution in [0, 0.1) is 5.92 Å². The van der Waals surface area contributed by atoms with E-state index in [1.807, 2.05) is 30.7 Å². The third-order valence-corrected chi connectivity index (χ3v) is 4.61. The Morgan fingerprint density at radius 3 is 2.18 bits per heavy atom. The summed E-state index contributed by atoms with van der Waals surface area (Å²) in [5.74, 6) is -0.100. The zero-order chi connectivity index (χ0) is 17.2. The van der Waals surface area contributed by atoms with Crippen molar-refractivity contribution in [3.63, 3.8) is 0 Å². The second-order valence-electron chi connectivity index (χ2n) is 5.75. The smallest absolute Gasteiger partial charge is 0.264 e. The molecule has 0 spiro atoms. The maximum atomic E-state index is 12.5. The molecule has 0 radical (unpaired) electrons. The Labute approximate surface area is 135 Å². The first-order valence-corrected chi connectivity index (χ1v) is 9.78. The van der Waals surface area contributed by atoms with Crippen molar-refractivity contribution < 1.29 is 17.8 Å². The van der Waals surface area contributed by atoms with E-state index in [9.17, 15) is 13.2 Å². The molecule has 0 aromatic rings. The number of carbonyl (C=O) groups excluding carboxylic acids is 1. The zero-order valence-corrected chi connectivity index (χ0v) is 15.2. The number of hydrogen-bond acceptors (Lipinski definition) is 4. The summed E-state index contributed by atoms with van der Waals surface area (Å²) in [7, 11) is -2.01. The lowest BCUT2D eigenvalue weighted by Gasteiger charge is -2.28. The molecule has 6 nitrogen and oxygen atoms in total. The van der Waals surface area contributed by atoms with Gasteiger partial charge in [0.05, 0.1) is 11.7 Å². The summed E-state index contributed by atoms with van der Waals surface area (Å²) in [5, 5.41) is 0. The minimum Gasteiger partial charge on any atom is -0.343 e. The normalized spacial score (nSPS) is 13.4. The van der Waals surface area contributed by atoms with E-state index in [0.29, 0.717) is 32.6 Å². The predicted octanol–water partition coefficient (Wildman–Crippen LogP) is 1.87. The van der Waals surface area contributed by atoms with E-state index in [2.05, 4.69) is 6.92 Å². The molecule has 0 saturated carbocycles. The number of carbonyl (C=O) groups is 1. The molecule has 0 aromatic heterocycles. The Kier molecular flexibility index (Phi) is 10.6. The molecule has 0 aliphatic carbocycles. The molecule has 0 heterocycles. The Balaban J connectivity index is 4.53. The number of unbranched alkanes of at least 4 members (excludes halogenated alkanes) is 1. The monoisotopic (exact) mass is 336 g/mol. The van der Waals surface area contributed by atoms with Crippen LogP contribution in [-0.4, -0.2) is 67.7 Å². The zero-order valence-electron chi connectivity index (χ0n) is 14.4. The van der Waals surface area contributed by atoms with Crippen LogP contribution >= 0.6 is 0 Å². The lowest BCUT2D eigenvalue weighted by atomic mass is 9.99. The molecule has 0 fully saturated rings. The van der Waals surface area contributed by atoms with Crippen LogP contribution in [0.15, 0.2) is 0 Å². The Morgan fingerprint density at radius 2 is 1.73 bits per heavy atom. The fourth-order valence-corrected chi connectivity index (χ4v) is 3.02. The van der Waals surface area contributed by atoms with Crippen molar-refractivity contribution in [3.8, 4) is 0 Å². The van der Waals surface area contributed by atoms with Crippen LogP contribution in [0.5, 0.6) is 0 Å². The largest absolute Gasteiger partial charge is 0.343 e. The van der Waals surface area contributed by atoms with Crippen LogP contribution in [-0.2, 0) is 14.9 Å². The summed E-state index contributed by atoms with van der Waals surface area (Å²) in [6, 6.07) is 0. The van der Waals surface area contributed by atoms with Gasteiger partial charge in [-0.3, -0.25) is 9.35 Å². The molecule has 1 amide bonds. The van der Waals surface area contributed by atoms with E-state index in [0.717, 1.165) is 19.3 Å². The summed E-state index contributed by atoms with van der Waals surface area (Å²) in [6.07, 6.45) is 3.29. The predicted molar refractivity (Wildman–Crippen MR) is 89.5 cm³/mol. The summed E-state index contributed by atoms with van der Waals surface area (Å²) < 4.78 is 30.2. The van der Waals surface area contributed by atoms with Crippen LogP contribution in [0.3, 0.4) is 0 Å². The summed E-state index contributed by atoms with van der Waals surface area (Å²) >= 11 is 0. The van der Waals surface area contributed by atoms with Gasteiger partial charge in [-0.25, -0.2) is 0 Å². The van der Waals surface area contributed by atoms with Crippen LogP contribution < -0.4 is 0 Å². The third-order valence-electron chi connectivity index (χ3n) is 3.80. The van der Waals surface area contributed by atoms with Gasteiger partial charge >= 0.3 is 0 Å². The van der Waals surface area contributed by atoms with Crippen LogP contribution in [0.1, 0.15) is 46.5 Å². The molecule has 22 heavy (non-hydrogen) atoms. The lowest BCUT2D eigenvalue weighted by molar-refractivity contribution is -0.136. The van der Waals surface area contributed by atoms with E-state index in [1.165, 1.54) is 0 Å². The van der Waals surface area contributed by atoms with Crippen LogP contribution in [0.2, 0.25) is 0 Å². The maximum Gasteiger partial charge on any atom is 0.264 e. The van der Waals surface area contributed by atoms with Crippen molar-refractivity contribution in [1.82, 2.24) is 9.80 Å². The minimum atomic E-state index is -3.90. The van der Waals surface area contributed by atoms with Crippen molar-refractivity contribution in [2.75, 3.05) is 39.0 Å². The Morgan fingerprint density at radius 1 is 1.14 bits per heavy atom. The number of rotatable bonds is 12. The molecule has 1 N–H and O–H groups in total. The number of amides is 1. The van der Waals surface area contributed by atoms with Gasteiger partial charge in [0.15, 0.2) is 0 Å². The number of hydrogen-bond donors (Lipinski definition) is 1. The van der Waals surface area contributed by atoms with E-state index in [-0.39, 0.29) is 17.6 Å². The van der Waals surface area contributed by atoms with Gasteiger partial charge in [0.1, 0.15) is 0 Å². The molecule has 1 atom stereocenters. The number of nitrogens with zero attached hydrogens (tertiary/aromatic N) is 2. The molecule has 0 bridgehead atoms. The summed E-state index contributed by atoms with van der Waals surface area (Å²) in [5.41, 5.74) is 0. The fraction of sp³-hybridized carbons (Fsp3) is 0.933. The highest BCUT2D eigenvalue weighted by atomic mass is 32.2. The Bertz CT molecular complexity index is 408. The van der Waals surface area contributed by atoms with Gasteiger partial charge in [-0.2, -0.15) is 8.42 Å². The topological polar surface area (TPSA) is 77.9 Å². The van der Waals surface area contributed by atoms with E-state index in [1.54, 1.807) is 0 Å². The van der Waals surface area contributed by atoms with E-state index in [4.69, 9.17) is 4.55 Å². The van der Waals surface area contributed by atoms with Crippen molar-refractivity contribution in [2.45, 2.75) is 46.5 Å². The van der Waals surface area contributed by atoms with Crippen molar-refractivity contribution in [2.24, 2.45) is 5.92 Å². The SMILES string of the molecule is CCCCC(CN(C)CCCS(=O)(=O)O)C(=O)N(CC)CC.